The molecule has 6 nitrogen and oxygen atoms in total. The first-order valence-corrected chi connectivity index (χ1v) is 13.6. The lowest BCUT2D eigenvalue weighted by Gasteiger charge is -2.30. The summed E-state index contributed by atoms with van der Waals surface area (Å²) >= 11 is 0. The number of ether oxygens (including phenoxy) is 2. The van der Waals surface area contributed by atoms with E-state index in [1.807, 2.05) is 42.5 Å². The smallest absolute Gasteiger partial charge is 0.265 e. The Balaban J connectivity index is 1.29. The molecule has 0 unspecified atom stereocenters. The quantitative estimate of drug-likeness (QED) is 0.363. The van der Waals surface area contributed by atoms with Crippen molar-refractivity contribution < 1.29 is 19.1 Å². The van der Waals surface area contributed by atoms with E-state index in [0.29, 0.717) is 18.9 Å². The van der Waals surface area contributed by atoms with Gasteiger partial charge in [0.25, 0.3) is 5.91 Å². The van der Waals surface area contributed by atoms with Gasteiger partial charge in [0.2, 0.25) is 5.91 Å². The van der Waals surface area contributed by atoms with E-state index in [0.717, 1.165) is 61.6 Å². The second kappa shape index (κ2) is 12.8. The van der Waals surface area contributed by atoms with E-state index in [1.165, 1.54) is 24.8 Å². The van der Waals surface area contributed by atoms with Crippen LogP contribution in [0.25, 0.3) is 0 Å². The summed E-state index contributed by atoms with van der Waals surface area (Å²) in [4.78, 5) is 27.4. The molecule has 2 aromatic rings. The molecule has 0 bridgehead atoms. The minimum absolute atomic E-state index is 0.0415. The van der Waals surface area contributed by atoms with Crippen molar-refractivity contribution in [3.05, 3.63) is 48.0 Å². The van der Waals surface area contributed by atoms with Gasteiger partial charge in [-0.2, -0.15) is 0 Å². The molecule has 0 spiro atoms. The van der Waals surface area contributed by atoms with Crippen LogP contribution in [0.15, 0.2) is 42.5 Å². The number of rotatable bonds is 11. The third kappa shape index (κ3) is 7.02. The van der Waals surface area contributed by atoms with Gasteiger partial charge in [-0.15, -0.1) is 0 Å². The number of nitrogens with one attached hydrogen (secondary N) is 1. The zero-order chi connectivity index (χ0) is 25.3. The lowest BCUT2D eigenvalue weighted by molar-refractivity contribution is -0.121. The first-order valence-electron chi connectivity index (χ1n) is 13.6. The Labute approximate surface area is 215 Å². The molecule has 1 fully saturated rings. The SMILES string of the molecule is CCCCC1CCC(C(=O)Nc2ccc3c(c2)N(CCCCOc2ccc(C)cc2)C(=O)CO3)CC1. The Morgan fingerprint density at radius 3 is 2.58 bits per heavy atom. The summed E-state index contributed by atoms with van der Waals surface area (Å²) < 4.78 is 11.5. The molecule has 1 aliphatic carbocycles. The Morgan fingerprint density at radius 1 is 1.06 bits per heavy atom. The summed E-state index contributed by atoms with van der Waals surface area (Å²) in [6.45, 7) is 5.52. The second-order valence-corrected chi connectivity index (χ2v) is 10.2. The number of hydrogen-bond donors (Lipinski definition) is 1. The number of nitrogens with zero attached hydrogens (tertiary/aromatic N) is 1. The molecule has 1 aliphatic heterocycles. The van der Waals surface area contributed by atoms with Crippen molar-refractivity contribution in [1.29, 1.82) is 0 Å². The molecular formula is C30H40N2O4. The molecule has 4 rings (SSSR count). The van der Waals surface area contributed by atoms with Gasteiger partial charge in [-0.3, -0.25) is 9.59 Å². The maximum absolute atomic E-state index is 12.9. The van der Waals surface area contributed by atoms with E-state index in [1.54, 1.807) is 4.90 Å². The Bertz CT molecular complexity index is 1010. The molecule has 1 heterocycles. The molecule has 0 aromatic heterocycles. The highest BCUT2D eigenvalue weighted by molar-refractivity contribution is 5.99. The van der Waals surface area contributed by atoms with E-state index < -0.39 is 0 Å². The predicted octanol–water partition coefficient (Wildman–Crippen LogP) is 6.51. The zero-order valence-electron chi connectivity index (χ0n) is 21.8. The molecule has 1 N–H and O–H groups in total. The Hall–Kier alpha value is -3.02. The van der Waals surface area contributed by atoms with Crippen LogP contribution in [0.2, 0.25) is 0 Å². The Kier molecular flexibility index (Phi) is 9.26. The molecule has 0 saturated heterocycles. The average Bonchev–Trinajstić information content (AvgIpc) is 2.89. The minimum atomic E-state index is -0.0594. The molecular weight excluding hydrogens is 452 g/mol. The summed E-state index contributed by atoms with van der Waals surface area (Å²) in [5, 5.41) is 3.10. The van der Waals surface area contributed by atoms with E-state index in [4.69, 9.17) is 9.47 Å². The number of unbranched alkanes of at least 4 members (excludes halogenated alkanes) is 2. The molecule has 1 saturated carbocycles. The van der Waals surface area contributed by atoms with Gasteiger partial charge in [-0.05, 0) is 81.7 Å². The van der Waals surface area contributed by atoms with Gasteiger partial charge in [-0.25, -0.2) is 0 Å². The van der Waals surface area contributed by atoms with Crippen LogP contribution in [0.4, 0.5) is 11.4 Å². The summed E-state index contributed by atoms with van der Waals surface area (Å²) in [5.41, 5.74) is 2.65. The van der Waals surface area contributed by atoms with Gasteiger partial charge in [0.1, 0.15) is 11.5 Å². The summed E-state index contributed by atoms with van der Waals surface area (Å²) in [6.07, 6.45) is 9.68. The van der Waals surface area contributed by atoms with Crippen LogP contribution in [0.1, 0.15) is 70.3 Å². The fraction of sp³-hybridized carbons (Fsp3) is 0.533. The third-order valence-corrected chi connectivity index (χ3v) is 7.42. The van der Waals surface area contributed by atoms with Crippen molar-refractivity contribution in [3.63, 3.8) is 0 Å². The lowest BCUT2D eigenvalue weighted by atomic mass is 9.79. The van der Waals surface area contributed by atoms with Crippen LogP contribution in [0.5, 0.6) is 11.5 Å². The highest BCUT2D eigenvalue weighted by atomic mass is 16.5. The number of fused-ring (bicyclic) bond motifs is 1. The molecule has 194 valence electrons. The van der Waals surface area contributed by atoms with Crippen molar-refractivity contribution in [1.82, 2.24) is 0 Å². The molecule has 36 heavy (non-hydrogen) atoms. The number of carbonyl (C=O) groups excluding carboxylic acids is 2. The number of hydrogen-bond acceptors (Lipinski definition) is 4. The summed E-state index contributed by atoms with van der Waals surface area (Å²) in [7, 11) is 0. The van der Waals surface area contributed by atoms with Crippen LogP contribution in [0, 0.1) is 18.8 Å². The van der Waals surface area contributed by atoms with E-state index >= 15 is 0 Å². The van der Waals surface area contributed by atoms with E-state index in [2.05, 4.69) is 19.2 Å². The fourth-order valence-corrected chi connectivity index (χ4v) is 5.17. The van der Waals surface area contributed by atoms with Gasteiger partial charge in [0.15, 0.2) is 6.61 Å². The number of carbonyl (C=O) groups is 2. The highest BCUT2D eigenvalue weighted by Crippen LogP contribution is 2.36. The van der Waals surface area contributed by atoms with Gasteiger partial charge in [-0.1, -0.05) is 43.9 Å². The van der Waals surface area contributed by atoms with Crippen molar-refractivity contribution in [2.75, 3.05) is 30.0 Å². The van der Waals surface area contributed by atoms with Crippen LogP contribution in [0.3, 0.4) is 0 Å². The number of aryl methyl sites for hydroxylation is 1. The second-order valence-electron chi connectivity index (χ2n) is 10.2. The van der Waals surface area contributed by atoms with Crippen molar-refractivity contribution >= 4 is 23.2 Å². The van der Waals surface area contributed by atoms with Crippen molar-refractivity contribution in [3.8, 4) is 11.5 Å². The van der Waals surface area contributed by atoms with E-state index in [9.17, 15) is 9.59 Å². The predicted molar refractivity (Wildman–Crippen MR) is 144 cm³/mol. The van der Waals surface area contributed by atoms with Crippen molar-refractivity contribution in [2.45, 2.75) is 71.6 Å². The van der Waals surface area contributed by atoms with Gasteiger partial charge in [0, 0.05) is 18.2 Å². The topological polar surface area (TPSA) is 67.9 Å². The zero-order valence-corrected chi connectivity index (χ0v) is 21.8. The number of amides is 2. The molecule has 2 aromatic carbocycles. The highest BCUT2D eigenvalue weighted by Gasteiger charge is 2.28. The summed E-state index contributed by atoms with van der Waals surface area (Å²) in [6, 6.07) is 13.6. The largest absolute Gasteiger partial charge is 0.494 e. The molecule has 6 heteroatoms. The lowest BCUT2D eigenvalue weighted by Crippen LogP contribution is -2.39. The van der Waals surface area contributed by atoms with E-state index in [-0.39, 0.29) is 24.3 Å². The summed E-state index contributed by atoms with van der Waals surface area (Å²) in [5.74, 6) is 2.42. The third-order valence-electron chi connectivity index (χ3n) is 7.42. The molecule has 0 radical (unpaired) electrons. The van der Waals surface area contributed by atoms with Gasteiger partial charge < -0.3 is 19.7 Å². The maximum Gasteiger partial charge on any atom is 0.265 e. The molecule has 2 amide bonds. The minimum Gasteiger partial charge on any atom is -0.494 e. The molecule has 0 atom stereocenters. The van der Waals surface area contributed by atoms with Crippen LogP contribution in [-0.4, -0.2) is 31.6 Å². The first kappa shape index (κ1) is 26.1. The first-order chi connectivity index (χ1) is 17.5. The average molecular weight is 493 g/mol. The van der Waals surface area contributed by atoms with Crippen LogP contribution >= 0.6 is 0 Å². The maximum atomic E-state index is 12.9. The van der Waals surface area contributed by atoms with Gasteiger partial charge in [0.05, 0.1) is 12.3 Å². The number of anilines is 2. The monoisotopic (exact) mass is 492 g/mol. The number of benzene rings is 2. The van der Waals surface area contributed by atoms with Crippen LogP contribution in [-0.2, 0) is 9.59 Å². The molecule has 2 aliphatic rings. The van der Waals surface area contributed by atoms with Crippen LogP contribution < -0.4 is 19.7 Å². The van der Waals surface area contributed by atoms with Gasteiger partial charge >= 0.3 is 0 Å². The van der Waals surface area contributed by atoms with Crippen molar-refractivity contribution in [2.24, 2.45) is 11.8 Å². The Morgan fingerprint density at radius 2 is 1.83 bits per heavy atom. The fourth-order valence-electron chi connectivity index (χ4n) is 5.17. The normalized spacial score (nSPS) is 19.4. The standard InChI is InChI=1S/C30H40N2O4/c1-3-4-7-23-10-12-24(13-11-23)30(34)31-25-14-17-28-27(20-25)32(29(33)21-36-28)18-5-6-19-35-26-15-8-22(2)9-16-26/h8-9,14-17,20,23-24H,3-7,10-13,18-19,21H2,1-2H3,(H,31,34).